The standard InChI is InChI=1S/C20H20BrClF3N7O2.ClH/c1-2-14-16(30-7-5-26-6-8-30)17(34)32-19(28-18(21)29-32)31(14)10-15(33)27-13-4-3-11(9-12(13)22)20(23,24)25;/h3-4,9,26H,2,5-8,10H2,1H3,(H,27,33);1H. The average molecular weight is 599 g/mol. The van der Waals surface area contributed by atoms with E-state index in [0.29, 0.717) is 44.0 Å². The third-order valence-electron chi connectivity index (χ3n) is 5.44. The highest BCUT2D eigenvalue weighted by Crippen LogP contribution is 2.33. The van der Waals surface area contributed by atoms with Crippen LogP contribution in [0.25, 0.3) is 5.78 Å². The summed E-state index contributed by atoms with van der Waals surface area (Å²) in [7, 11) is 0. The number of carbonyl (C=O) groups is 1. The summed E-state index contributed by atoms with van der Waals surface area (Å²) in [5.41, 5.74) is -0.170. The van der Waals surface area contributed by atoms with E-state index in [1.807, 2.05) is 11.8 Å². The van der Waals surface area contributed by atoms with Gasteiger partial charge in [-0.2, -0.15) is 22.7 Å². The maximum atomic E-state index is 13.3. The molecule has 0 unspecified atom stereocenters. The molecular weight excluding hydrogens is 578 g/mol. The number of carbonyl (C=O) groups excluding carboxylic acids is 1. The fourth-order valence-corrected chi connectivity index (χ4v) is 4.46. The summed E-state index contributed by atoms with van der Waals surface area (Å²) < 4.78 is 41.6. The van der Waals surface area contributed by atoms with Gasteiger partial charge in [-0.15, -0.1) is 17.5 Å². The van der Waals surface area contributed by atoms with Crippen LogP contribution in [0.1, 0.15) is 18.2 Å². The van der Waals surface area contributed by atoms with Gasteiger partial charge in [-0.1, -0.05) is 18.5 Å². The van der Waals surface area contributed by atoms with E-state index in [0.717, 1.165) is 22.7 Å². The molecule has 0 radical (unpaired) electrons. The molecule has 35 heavy (non-hydrogen) atoms. The van der Waals surface area contributed by atoms with Gasteiger partial charge in [0, 0.05) is 26.2 Å². The summed E-state index contributed by atoms with van der Waals surface area (Å²) in [6.45, 7) is 4.23. The fraction of sp³-hybridized carbons (Fsp3) is 0.400. The molecule has 0 bridgehead atoms. The SMILES string of the molecule is CCc1c(N2CCNCC2)c(=O)n2nc(Br)nc2n1CC(=O)Nc1ccc(C(F)(F)F)cc1Cl.Cl. The molecule has 1 amide bonds. The van der Waals surface area contributed by atoms with Crippen molar-refractivity contribution in [2.45, 2.75) is 26.1 Å². The van der Waals surface area contributed by atoms with Gasteiger partial charge < -0.3 is 20.1 Å². The van der Waals surface area contributed by atoms with E-state index >= 15 is 0 Å². The lowest BCUT2D eigenvalue weighted by atomic mass is 10.2. The Kier molecular flexibility index (Phi) is 8.35. The van der Waals surface area contributed by atoms with Crippen molar-refractivity contribution >= 4 is 63.0 Å². The van der Waals surface area contributed by atoms with Crippen molar-refractivity contribution in [3.63, 3.8) is 0 Å². The van der Waals surface area contributed by atoms with E-state index in [4.69, 9.17) is 11.6 Å². The Balaban J connectivity index is 0.00000342. The molecule has 0 spiro atoms. The first-order valence-corrected chi connectivity index (χ1v) is 11.6. The van der Waals surface area contributed by atoms with Crippen LogP contribution in [0, 0.1) is 0 Å². The van der Waals surface area contributed by atoms with Gasteiger partial charge in [0.25, 0.3) is 5.56 Å². The third kappa shape index (κ3) is 5.57. The Morgan fingerprint density at radius 2 is 1.97 bits per heavy atom. The Morgan fingerprint density at radius 3 is 2.57 bits per heavy atom. The van der Waals surface area contributed by atoms with Crippen LogP contribution < -0.4 is 21.1 Å². The van der Waals surface area contributed by atoms with Crippen LogP contribution in [0.5, 0.6) is 0 Å². The van der Waals surface area contributed by atoms with Crippen molar-refractivity contribution in [3.05, 3.63) is 49.6 Å². The number of halogens is 6. The lowest BCUT2D eigenvalue weighted by Crippen LogP contribution is -2.47. The number of rotatable bonds is 5. The first-order chi connectivity index (χ1) is 16.1. The number of alkyl halides is 3. The summed E-state index contributed by atoms with van der Waals surface area (Å²) in [4.78, 5) is 32.4. The lowest BCUT2D eigenvalue weighted by molar-refractivity contribution is -0.137. The number of amides is 1. The molecule has 3 aromatic rings. The van der Waals surface area contributed by atoms with E-state index in [-0.39, 0.29) is 45.7 Å². The number of hydrogen-bond acceptors (Lipinski definition) is 6. The van der Waals surface area contributed by atoms with Crippen LogP contribution in [0.2, 0.25) is 5.02 Å². The number of nitrogens with zero attached hydrogens (tertiary/aromatic N) is 5. The second-order valence-corrected chi connectivity index (χ2v) is 8.73. The molecule has 190 valence electrons. The molecule has 4 rings (SSSR count). The van der Waals surface area contributed by atoms with Gasteiger partial charge in [-0.3, -0.25) is 9.59 Å². The summed E-state index contributed by atoms with van der Waals surface area (Å²) in [6.07, 6.45) is -4.12. The van der Waals surface area contributed by atoms with Crippen molar-refractivity contribution in [1.29, 1.82) is 0 Å². The van der Waals surface area contributed by atoms with Gasteiger partial charge in [0.05, 0.1) is 22.0 Å². The van der Waals surface area contributed by atoms with Crippen LogP contribution in [-0.2, 0) is 23.9 Å². The molecule has 2 aromatic heterocycles. The molecule has 1 aromatic carbocycles. The molecule has 15 heteroatoms. The van der Waals surface area contributed by atoms with E-state index < -0.39 is 17.6 Å². The van der Waals surface area contributed by atoms with E-state index in [1.165, 1.54) is 0 Å². The minimum Gasteiger partial charge on any atom is -0.363 e. The van der Waals surface area contributed by atoms with Crippen molar-refractivity contribution in [3.8, 4) is 0 Å². The van der Waals surface area contributed by atoms with Crippen molar-refractivity contribution in [2.75, 3.05) is 36.4 Å². The number of anilines is 2. The van der Waals surface area contributed by atoms with Gasteiger partial charge in [0.2, 0.25) is 16.4 Å². The quantitative estimate of drug-likeness (QED) is 0.468. The summed E-state index contributed by atoms with van der Waals surface area (Å²) in [6, 6.07) is 2.70. The monoisotopic (exact) mass is 597 g/mol. The Bertz CT molecular complexity index is 1310. The predicted octanol–water partition coefficient (Wildman–Crippen LogP) is 3.36. The van der Waals surface area contributed by atoms with Gasteiger partial charge in [0.1, 0.15) is 12.2 Å². The minimum absolute atomic E-state index is 0. The Morgan fingerprint density at radius 1 is 1.29 bits per heavy atom. The zero-order valence-corrected chi connectivity index (χ0v) is 21.5. The summed E-state index contributed by atoms with van der Waals surface area (Å²) in [5.74, 6) is -0.381. The van der Waals surface area contributed by atoms with Crippen LogP contribution >= 0.6 is 39.9 Å². The number of nitrogens with one attached hydrogen (secondary N) is 2. The zero-order chi connectivity index (χ0) is 24.6. The molecule has 3 heterocycles. The minimum atomic E-state index is -4.55. The third-order valence-corrected chi connectivity index (χ3v) is 6.09. The van der Waals surface area contributed by atoms with Gasteiger partial charge in [-0.25, -0.2) is 0 Å². The van der Waals surface area contributed by atoms with Crippen molar-refractivity contribution in [1.82, 2.24) is 24.5 Å². The van der Waals surface area contributed by atoms with E-state index in [1.54, 1.807) is 4.57 Å². The summed E-state index contributed by atoms with van der Waals surface area (Å²) in [5, 5.41) is 9.67. The number of benzene rings is 1. The van der Waals surface area contributed by atoms with E-state index in [2.05, 4.69) is 36.6 Å². The molecule has 0 atom stereocenters. The Labute approximate surface area is 217 Å². The largest absolute Gasteiger partial charge is 0.416 e. The zero-order valence-electron chi connectivity index (χ0n) is 18.3. The molecule has 0 saturated carbocycles. The number of fused-ring (bicyclic) bond motifs is 1. The molecule has 1 aliphatic heterocycles. The van der Waals surface area contributed by atoms with Gasteiger partial charge in [-0.05, 0) is 40.5 Å². The highest BCUT2D eigenvalue weighted by Gasteiger charge is 2.31. The Hall–Kier alpha value is -2.35. The second-order valence-electron chi connectivity index (χ2n) is 7.61. The van der Waals surface area contributed by atoms with Crippen molar-refractivity contribution in [2.24, 2.45) is 0 Å². The fourth-order valence-electron chi connectivity index (χ4n) is 3.92. The highest BCUT2D eigenvalue weighted by molar-refractivity contribution is 9.10. The first kappa shape index (κ1) is 27.2. The van der Waals surface area contributed by atoms with Gasteiger partial charge in [0.15, 0.2) is 0 Å². The van der Waals surface area contributed by atoms with Crippen LogP contribution in [0.15, 0.2) is 27.7 Å². The van der Waals surface area contributed by atoms with Crippen molar-refractivity contribution < 1.29 is 18.0 Å². The molecule has 0 aliphatic carbocycles. The number of hydrogen-bond donors (Lipinski definition) is 2. The number of piperazine rings is 1. The molecule has 2 N–H and O–H groups in total. The average Bonchev–Trinajstić information content (AvgIpc) is 3.18. The number of aromatic nitrogens is 4. The highest BCUT2D eigenvalue weighted by atomic mass is 79.9. The predicted molar refractivity (Wildman–Crippen MR) is 132 cm³/mol. The maximum absolute atomic E-state index is 13.3. The molecule has 9 nitrogen and oxygen atoms in total. The van der Waals surface area contributed by atoms with E-state index in [9.17, 15) is 22.8 Å². The first-order valence-electron chi connectivity index (χ1n) is 10.4. The van der Waals surface area contributed by atoms with Crippen LogP contribution in [-0.4, -0.2) is 51.3 Å². The smallest absolute Gasteiger partial charge is 0.363 e. The second kappa shape index (κ2) is 10.7. The van der Waals surface area contributed by atoms with Crippen LogP contribution in [0.3, 0.4) is 0 Å². The molecule has 1 aliphatic rings. The lowest BCUT2D eigenvalue weighted by Gasteiger charge is -2.31. The summed E-state index contributed by atoms with van der Waals surface area (Å²) >= 11 is 9.16. The molecular formula is C20H21BrCl2F3N7O2. The van der Waals surface area contributed by atoms with Crippen LogP contribution in [0.4, 0.5) is 24.5 Å². The topological polar surface area (TPSA) is 96.6 Å². The maximum Gasteiger partial charge on any atom is 0.416 e. The normalized spacial score (nSPS) is 14.2. The molecule has 1 fully saturated rings. The molecule has 1 saturated heterocycles. The van der Waals surface area contributed by atoms with Gasteiger partial charge >= 0.3 is 6.18 Å².